The first-order valence-corrected chi connectivity index (χ1v) is 7.25. The van der Waals surface area contributed by atoms with Crippen molar-refractivity contribution in [2.75, 3.05) is 18.1 Å². The summed E-state index contributed by atoms with van der Waals surface area (Å²) in [6, 6.07) is 16.8. The van der Waals surface area contributed by atoms with Crippen molar-refractivity contribution in [2.24, 2.45) is 0 Å². The van der Waals surface area contributed by atoms with Crippen molar-refractivity contribution in [3.63, 3.8) is 0 Å². The van der Waals surface area contributed by atoms with Crippen LogP contribution in [0.3, 0.4) is 0 Å². The molecule has 1 aliphatic carbocycles. The third kappa shape index (κ3) is 1.81. The molecule has 4 nitrogen and oxygen atoms in total. The van der Waals surface area contributed by atoms with Crippen molar-refractivity contribution in [3.05, 3.63) is 77.5 Å². The fourth-order valence-corrected chi connectivity index (χ4v) is 3.12. The number of nitrogens with zero attached hydrogens (tertiary/aromatic N) is 1. The molecule has 1 aliphatic heterocycles. The number of hydrogen-bond donors (Lipinski definition) is 1. The molecule has 1 heterocycles. The number of ether oxygens (including phenoxy) is 1. The lowest BCUT2D eigenvalue weighted by atomic mass is 9.87. The van der Waals surface area contributed by atoms with Crippen molar-refractivity contribution >= 4 is 11.5 Å². The maximum absolute atomic E-state index is 12.4. The van der Waals surface area contributed by atoms with Crippen LogP contribution in [0.5, 0.6) is 0 Å². The summed E-state index contributed by atoms with van der Waals surface area (Å²) in [5.74, 6) is -1.68. The quantitative estimate of drug-likeness (QED) is 0.877. The van der Waals surface area contributed by atoms with E-state index in [0.29, 0.717) is 30.0 Å². The first kappa shape index (κ1) is 13.2. The minimum absolute atomic E-state index is 0.110. The highest BCUT2D eigenvalue weighted by Crippen LogP contribution is 2.42. The molecule has 110 valence electrons. The summed E-state index contributed by atoms with van der Waals surface area (Å²) in [7, 11) is 0. The van der Waals surface area contributed by atoms with Crippen LogP contribution in [0, 0.1) is 0 Å². The van der Waals surface area contributed by atoms with Gasteiger partial charge < -0.3 is 14.7 Å². The van der Waals surface area contributed by atoms with Gasteiger partial charge in [-0.15, -0.1) is 0 Å². The molecule has 0 unspecified atom stereocenters. The van der Waals surface area contributed by atoms with Crippen LogP contribution >= 0.6 is 0 Å². The standard InChI is InChI=1S/C18H15NO3/c20-16-12-17-18(21,15-9-5-4-8-14(15)16)22-11-10-19(17)13-6-2-1-3-7-13/h1-9,12,21H,10-11H2/t18-/m0/s1. The minimum atomic E-state index is -1.57. The Hall–Kier alpha value is -2.43. The van der Waals surface area contributed by atoms with Crippen molar-refractivity contribution in [1.29, 1.82) is 0 Å². The number of aliphatic hydroxyl groups is 1. The van der Waals surface area contributed by atoms with Gasteiger partial charge in [-0.1, -0.05) is 42.5 Å². The van der Waals surface area contributed by atoms with Gasteiger partial charge in [0.05, 0.1) is 12.3 Å². The highest BCUT2D eigenvalue weighted by atomic mass is 16.6. The summed E-state index contributed by atoms with van der Waals surface area (Å²) in [4.78, 5) is 14.3. The van der Waals surface area contributed by atoms with E-state index in [2.05, 4.69) is 0 Å². The lowest BCUT2D eigenvalue weighted by Gasteiger charge is -2.44. The van der Waals surface area contributed by atoms with Gasteiger partial charge in [-0.05, 0) is 12.1 Å². The molecule has 0 bridgehead atoms. The van der Waals surface area contributed by atoms with Crippen molar-refractivity contribution < 1.29 is 14.6 Å². The molecule has 1 N–H and O–H groups in total. The molecular weight excluding hydrogens is 278 g/mol. The SMILES string of the molecule is O=C1C=C2N(c3ccccc3)CCO[C@@]2(O)c2ccccc21. The average molecular weight is 293 g/mol. The first-order chi connectivity index (χ1) is 10.7. The molecule has 1 atom stereocenters. The summed E-state index contributed by atoms with van der Waals surface area (Å²) in [6.45, 7) is 0.971. The number of anilines is 1. The second kappa shape index (κ2) is 4.80. The maximum atomic E-state index is 12.4. The van der Waals surface area contributed by atoms with E-state index in [-0.39, 0.29) is 5.78 Å². The predicted molar refractivity (Wildman–Crippen MR) is 82.5 cm³/mol. The van der Waals surface area contributed by atoms with E-state index < -0.39 is 5.79 Å². The summed E-state index contributed by atoms with van der Waals surface area (Å²) >= 11 is 0. The third-order valence-electron chi connectivity index (χ3n) is 4.16. The molecule has 1 saturated heterocycles. The number of fused-ring (bicyclic) bond motifs is 3. The Morgan fingerprint density at radius 1 is 1.05 bits per heavy atom. The van der Waals surface area contributed by atoms with Crippen molar-refractivity contribution in [2.45, 2.75) is 5.79 Å². The molecule has 2 aromatic rings. The van der Waals surface area contributed by atoms with Gasteiger partial charge >= 0.3 is 0 Å². The number of ketones is 1. The Kier molecular flexibility index (Phi) is 2.89. The van der Waals surface area contributed by atoms with E-state index >= 15 is 0 Å². The normalized spacial score (nSPS) is 23.6. The number of carbonyl (C=O) groups is 1. The van der Waals surface area contributed by atoms with E-state index in [1.807, 2.05) is 35.2 Å². The van der Waals surface area contributed by atoms with Gasteiger partial charge in [-0.2, -0.15) is 0 Å². The Labute approximate surface area is 128 Å². The molecule has 0 saturated carbocycles. The summed E-state index contributed by atoms with van der Waals surface area (Å²) in [5, 5.41) is 11.1. The first-order valence-electron chi connectivity index (χ1n) is 7.25. The molecular formula is C18H15NO3. The van der Waals surface area contributed by atoms with Gasteiger partial charge in [0, 0.05) is 29.4 Å². The van der Waals surface area contributed by atoms with E-state index in [4.69, 9.17) is 4.74 Å². The van der Waals surface area contributed by atoms with Crippen LogP contribution in [-0.4, -0.2) is 24.0 Å². The molecule has 0 radical (unpaired) electrons. The molecule has 2 aliphatic rings. The Balaban J connectivity index is 1.88. The van der Waals surface area contributed by atoms with Gasteiger partial charge in [0.2, 0.25) is 5.79 Å². The minimum Gasteiger partial charge on any atom is -0.357 e. The van der Waals surface area contributed by atoms with Crippen LogP contribution in [-0.2, 0) is 10.5 Å². The number of morpholine rings is 1. The van der Waals surface area contributed by atoms with E-state index in [0.717, 1.165) is 5.69 Å². The van der Waals surface area contributed by atoms with Crippen LogP contribution in [0.1, 0.15) is 15.9 Å². The Morgan fingerprint density at radius 3 is 2.59 bits per heavy atom. The van der Waals surface area contributed by atoms with Gasteiger partial charge in [0.15, 0.2) is 5.78 Å². The van der Waals surface area contributed by atoms with Gasteiger partial charge in [-0.25, -0.2) is 0 Å². The molecule has 2 aromatic carbocycles. The van der Waals surface area contributed by atoms with Crippen LogP contribution in [0.4, 0.5) is 5.69 Å². The summed E-state index contributed by atoms with van der Waals surface area (Å²) < 4.78 is 5.69. The molecule has 0 spiro atoms. The molecule has 22 heavy (non-hydrogen) atoms. The van der Waals surface area contributed by atoms with Crippen molar-refractivity contribution in [1.82, 2.24) is 0 Å². The summed E-state index contributed by atoms with van der Waals surface area (Å²) in [5.41, 5.74) is 2.41. The molecule has 1 fully saturated rings. The zero-order valence-corrected chi connectivity index (χ0v) is 11.9. The molecule has 4 rings (SSSR count). The van der Waals surface area contributed by atoms with Gasteiger partial charge in [0.25, 0.3) is 0 Å². The highest BCUT2D eigenvalue weighted by Gasteiger charge is 2.46. The monoisotopic (exact) mass is 293 g/mol. The number of benzene rings is 2. The Bertz CT molecular complexity index is 769. The van der Waals surface area contributed by atoms with Crippen LogP contribution < -0.4 is 4.90 Å². The smallest absolute Gasteiger partial charge is 0.236 e. The summed E-state index contributed by atoms with van der Waals surface area (Å²) in [6.07, 6.45) is 1.48. The highest BCUT2D eigenvalue weighted by molar-refractivity contribution is 6.08. The molecule has 0 aromatic heterocycles. The van der Waals surface area contributed by atoms with Crippen LogP contribution in [0.2, 0.25) is 0 Å². The van der Waals surface area contributed by atoms with Crippen molar-refractivity contribution in [3.8, 4) is 0 Å². The number of para-hydroxylation sites is 1. The fraction of sp³-hybridized carbons (Fsp3) is 0.167. The average Bonchev–Trinajstić information content (AvgIpc) is 2.57. The predicted octanol–water partition coefficient (Wildman–Crippen LogP) is 2.45. The van der Waals surface area contributed by atoms with Gasteiger partial charge in [-0.3, -0.25) is 4.79 Å². The number of hydrogen-bond acceptors (Lipinski definition) is 4. The lowest BCUT2D eigenvalue weighted by molar-refractivity contribution is -0.194. The zero-order valence-electron chi connectivity index (χ0n) is 11.9. The van der Waals surface area contributed by atoms with E-state index in [1.54, 1.807) is 24.3 Å². The van der Waals surface area contributed by atoms with E-state index in [1.165, 1.54) is 6.08 Å². The van der Waals surface area contributed by atoms with Crippen LogP contribution in [0.25, 0.3) is 0 Å². The molecule has 0 amide bonds. The number of rotatable bonds is 1. The Morgan fingerprint density at radius 2 is 1.77 bits per heavy atom. The van der Waals surface area contributed by atoms with Gasteiger partial charge in [0.1, 0.15) is 0 Å². The second-order valence-corrected chi connectivity index (χ2v) is 5.42. The zero-order chi connectivity index (χ0) is 15.2. The maximum Gasteiger partial charge on any atom is 0.236 e. The number of allylic oxidation sites excluding steroid dienone is 1. The number of carbonyl (C=O) groups excluding carboxylic acids is 1. The largest absolute Gasteiger partial charge is 0.357 e. The second-order valence-electron chi connectivity index (χ2n) is 5.42. The molecule has 4 heteroatoms. The fourth-order valence-electron chi connectivity index (χ4n) is 3.12. The van der Waals surface area contributed by atoms with E-state index in [9.17, 15) is 9.90 Å². The lowest BCUT2D eigenvalue weighted by Crippen LogP contribution is -2.50. The topological polar surface area (TPSA) is 49.8 Å². The van der Waals surface area contributed by atoms with Crippen LogP contribution in [0.15, 0.2) is 66.4 Å². The third-order valence-corrected chi connectivity index (χ3v) is 4.16.